The zero-order valence-electron chi connectivity index (χ0n) is 14.4. The van der Waals surface area contributed by atoms with Crippen molar-refractivity contribution in [3.8, 4) is 5.75 Å². The van der Waals surface area contributed by atoms with Crippen LogP contribution in [0.5, 0.6) is 5.75 Å². The number of anilines is 1. The van der Waals surface area contributed by atoms with Crippen LogP contribution < -0.4 is 10.1 Å². The molecular weight excluding hydrogens is 330 g/mol. The summed E-state index contributed by atoms with van der Waals surface area (Å²) < 4.78 is 10.3. The summed E-state index contributed by atoms with van der Waals surface area (Å²) in [4.78, 5) is 24.1. The van der Waals surface area contributed by atoms with Crippen molar-refractivity contribution in [2.24, 2.45) is 0 Å². The van der Waals surface area contributed by atoms with E-state index in [-0.39, 0.29) is 18.9 Å². The lowest BCUT2D eigenvalue weighted by Gasteiger charge is -2.10. The van der Waals surface area contributed by atoms with Crippen molar-refractivity contribution in [2.45, 2.75) is 6.42 Å². The molecule has 0 aliphatic rings. The van der Waals surface area contributed by atoms with Crippen LogP contribution in [0.4, 0.5) is 5.69 Å². The summed E-state index contributed by atoms with van der Waals surface area (Å²) in [7, 11) is 1.54. The highest BCUT2D eigenvalue weighted by Crippen LogP contribution is 2.23. The first-order chi connectivity index (χ1) is 12.7. The maximum absolute atomic E-state index is 12.1. The minimum atomic E-state index is -0.484. The van der Waals surface area contributed by atoms with Gasteiger partial charge in [0.15, 0.2) is 6.61 Å². The molecular formula is C21H19NO4. The van der Waals surface area contributed by atoms with E-state index in [4.69, 9.17) is 9.47 Å². The van der Waals surface area contributed by atoms with Crippen molar-refractivity contribution in [1.82, 2.24) is 0 Å². The summed E-state index contributed by atoms with van der Waals surface area (Å²) >= 11 is 0. The van der Waals surface area contributed by atoms with Crippen LogP contribution in [0.15, 0.2) is 66.7 Å². The molecule has 5 nitrogen and oxygen atoms in total. The van der Waals surface area contributed by atoms with Gasteiger partial charge < -0.3 is 14.8 Å². The Morgan fingerprint density at radius 1 is 0.923 bits per heavy atom. The lowest BCUT2D eigenvalue weighted by atomic mass is 10.1. The van der Waals surface area contributed by atoms with Gasteiger partial charge in [0.25, 0.3) is 5.91 Å². The second-order valence-electron chi connectivity index (χ2n) is 5.72. The highest BCUT2D eigenvalue weighted by molar-refractivity contribution is 6.02. The van der Waals surface area contributed by atoms with Crippen LogP contribution >= 0.6 is 0 Å². The molecule has 0 bridgehead atoms. The summed E-state index contributed by atoms with van der Waals surface area (Å²) in [5.41, 5.74) is 1.41. The Labute approximate surface area is 151 Å². The van der Waals surface area contributed by atoms with Gasteiger partial charge in [0, 0.05) is 16.6 Å². The zero-order valence-corrected chi connectivity index (χ0v) is 14.4. The number of para-hydroxylation sites is 1. The summed E-state index contributed by atoms with van der Waals surface area (Å²) in [6, 6.07) is 20.6. The smallest absolute Gasteiger partial charge is 0.310 e. The minimum absolute atomic E-state index is 0.0472. The first-order valence-electron chi connectivity index (χ1n) is 8.22. The Kier molecular flexibility index (Phi) is 5.49. The number of methoxy groups -OCH3 is 1. The van der Waals surface area contributed by atoms with E-state index < -0.39 is 5.97 Å². The third-order valence-electron chi connectivity index (χ3n) is 3.96. The van der Waals surface area contributed by atoms with E-state index in [0.717, 1.165) is 16.3 Å². The second kappa shape index (κ2) is 8.16. The number of rotatable bonds is 6. The first kappa shape index (κ1) is 17.5. The van der Waals surface area contributed by atoms with Crippen molar-refractivity contribution in [3.63, 3.8) is 0 Å². The Balaban J connectivity index is 1.57. The molecule has 0 aliphatic carbocycles. The molecule has 0 heterocycles. The van der Waals surface area contributed by atoms with E-state index >= 15 is 0 Å². The van der Waals surface area contributed by atoms with E-state index in [0.29, 0.717) is 11.4 Å². The van der Waals surface area contributed by atoms with Crippen LogP contribution in [0, 0.1) is 0 Å². The number of hydrogen-bond acceptors (Lipinski definition) is 4. The van der Waals surface area contributed by atoms with Gasteiger partial charge in [-0.1, -0.05) is 54.6 Å². The van der Waals surface area contributed by atoms with E-state index in [1.54, 1.807) is 19.2 Å². The number of fused-ring (bicyclic) bond motifs is 1. The molecule has 0 aromatic heterocycles. The molecule has 132 valence electrons. The maximum Gasteiger partial charge on any atom is 0.310 e. The number of ether oxygens (including phenoxy) is 2. The number of carbonyl (C=O) groups excluding carboxylic acids is 2. The molecule has 0 unspecified atom stereocenters. The van der Waals surface area contributed by atoms with Gasteiger partial charge in [-0.3, -0.25) is 9.59 Å². The van der Waals surface area contributed by atoms with Crippen LogP contribution in [0.1, 0.15) is 5.56 Å². The highest BCUT2D eigenvalue weighted by atomic mass is 16.5. The average Bonchev–Trinajstić information content (AvgIpc) is 2.67. The number of amides is 1. The molecule has 0 radical (unpaired) electrons. The van der Waals surface area contributed by atoms with Crippen molar-refractivity contribution in [3.05, 3.63) is 72.3 Å². The molecule has 3 aromatic carbocycles. The third kappa shape index (κ3) is 4.19. The predicted molar refractivity (Wildman–Crippen MR) is 100 cm³/mol. The largest absolute Gasteiger partial charge is 0.496 e. The van der Waals surface area contributed by atoms with E-state index in [2.05, 4.69) is 5.32 Å². The van der Waals surface area contributed by atoms with Crippen molar-refractivity contribution in [1.29, 1.82) is 0 Å². The van der Waals surface area contributed by atoms with Gasteiger partial charge in [-0.05, 0) is 17.5 Å². The number of benzene rings is 3. The minimum Gasteiger partial charge on any atom is -0.496 e. The van der Waals surface area contributed by atoms with Crippen LogP contribution in [-0.2, 0) is 20.7 Å². The molecule has 1 amide bonds. The standard InChI is InChI=1S/C21H19NO4/c1-25-19-12-5-3-8-16(19)13-21(24)26-14-20(23)22-18-11-6-9-15-7-2-4-10-17(15)18/h2-12H,13-14H2,1H3,(H,22,23). The topological polar surface area (TPSA) is 64.6 Å². The van der Waals surface area contributed by atoms with Crippen molar-refractivity contribution >= 4 is 28.3 Å². The lowest BCUT2D eigenvalue weighted by molar-refractivity contribution is -0.146. The molecule has 0 saturated heterocycles. The Morgan fingerprint density at radius 2 is 1.65 bits per heavy atom. The fourth-order valence-corrected chi connectivity index (χ4v) is 2.72. The van der Waals surface area contributed by atoms with Crippen molar-refractivity contribution in [2.75, 3.05) is 19.0 Å². The summed E-state index contributed by atoms with van der Waals surface area (Å²) in [5, 5.41) is 4.75. The summed E-state index contributed by atoms with van der Waals surface area (Å²) in [6.45, 7) is -0.336. The summed E-state index contributed by atoms with van der Waals surface area (Å²) in [5.74, 6) is -0.248. The van der Waals surface area contributed by atoms with Gasteiger partial charge in [-0.15, -0.1) is 0 Å². The fourth-order valence-electron chi connectivity index (χ4n) is 2.72. The SMILES string of the molecule is COc1ccccc1CC(=O)OCC(=O)Nc1cccc2ccccc12. The van der Waals surface area contributed by atoms with Gasteiger partial charge in [0.1, 0.15) is 5.75 Å². The maximum atomic E-state index is 12.1. The molecule has 5 heteroatoms. The second-order valence-corrected chi connectivity index (χ2v) is 5.72. The molecule has 0 saturated carbocycles. The fraction of sp³-hybridized carbons (Fsp3) is 0.143. The molecule has 3 rings (SSSR count). The zero-order chi connectivity index (χ0) is 18.4. The summed E-state index contributed by atoms with van der Waals surface area (Å²) in [6.07, 6.45) is 0.0472. The van der Waals surface area contributed by atoms with Gasteiger partial charge in [0.05, 0.1) is 13.5 Å². The number of carbonyl (C=O) groups is 2. The molecule has 0 atom stereocenters. The third-order valence-corrected chi connectivity index (χ3v) is 3.96. The van der Waals surface area contributed by atoms with E-state index in [1.807, 2.05) is 54.6 Å². The van der Waals surface area contributed by atoms with Gasteiger partial charge in [-0.2, -0.15) is 0 Å². The molecule has 1 N–H and O–H groups in total. The van der Waals surface area contributed by atoms with Crippen LogP contribution in [0.25, 0.3) is 10.8 Å². The first-order valence-corrected chi connectivity index (χ1v) is 8.22. The van der Waals surface area contributed by atoms with Crippen LogP contribution in [-0.4, -0.2) is 25.6 Å². The normalized spacial score (nSPS) is 10.3. The quantitative estimate of drug-likeness (QED) is 0.691. The molecule has 3 aromatic rings. The molecule has 26 heavy (non-hydrogen) atoms. The van der Waals surface area contributed by atoms with Crippen LogP contribution in [0.2, 0.25) is 0 Å². The van der Waals surface area contributed by atoms with E-state index in [9.17, 15) is 9.59 Å². The van der Waals surface area contributed by atoms with Gasteiger partial charge in [0.2, 0.25) is 0 Å². The molecule has 0 aliphatic heterocycles. The molecule has 0 fully saturated rings. The molecule has 0 spiro atoms. The number of esters is 1. The predicted octanol–water partition coefficient (Wildman–Crippen LogP) is 3.57. The van der Waals surface area contributed by atoms with Crippen LogP contribution in [0.3, 0.4) is 0 Å². The number of hydrogen-bond donors (Lipinski definition) is 1. The Morgan fingerprint density at radius 3 is 2.50 bits per heavy atom. The lowest BCUT2D eigenvalue weighted by Crippen LogP contribution is -2.21. The van der Waals surface area contributed by atoms with Crippen molar-refractivity contribution < 1.29 is 19.1 Å². The highest BCUT2D eigenvalue weighted by Gasteiger charge is 2.12. The Bertz CT molecular complexity index is 931. The van der Waals surface area contributed by atoms with Gasteiger partial charge in [-0.25, -0.2) is 0 Å². The number of nitrogens with one attached hydrogen (secondary N) is 1. The van der Waals surface area contributed by atoms with E-state index in [1.165, 1.54) is 0 Å². The monoisotopic (exact) mass is 349 g/mol. The van der Waals surface area contributed by atoms with Gasteiger partial charge >= 0.3 is 5.97 Å². The Hall–Kier alpha value is -3.34. The average molecular weight is 349 g/mol.